The lowest BCUT2D eigenvalue weighted by atomic mass is 10.1. The predicted octanol–water partition coefficient (Wildman–Crippen LogP) is 6.78. The number of benzene rings is 2. The lowest BCUT2D eigenvalue weighted by Gasteiger charge is -2.00. The molecule has 0 radical (unpaired) electrons. The second-order valence-electron chi connectivity index (χ2n) is 6.76. The van der Waals surface area contributed by atoms with E-state index >= 15 is 0 Å². The van der Waals surface area contributed by atoms with E-state index in [0.717, 1.165) is 48.6 Å². The highest BCUT2D eigenvalue weighted by molar-refractivity contribution is 6.30. The van der Waals surface area contributed by atoms with Gasteiger partial charge in [0.1, 0.15) is 5.78 Å². The van der Waals surface area contributed by atoms with E-state index in [0.29, 0.717) is 6.42 Å². The molecule has 0 saturated heterocycles. The first-order chi connectivity index (χ1) is 13.4. The van der Waals surface area contributed by atoms with Crippen molar-refractivity contribution in [3.05, 3.63) is 69.7 Å². The second-order valence-corrected chi connectivity index (χ2v) is 7.64. The van der Waals surface area contributed by atoms with E-state index in [-0.39, 0.29) is 12.2 Å². The zero-order valence-corrected chi connectivity index (χ0v) is 17.8. The molecule has 0 aromatic heterocycles. The highest BCUT2D eigenvalue weighted by Gasteiger charge is 1.98. The van der Waals surface area contributed by atoms with Gasteiger partial charge in [-0.3, -0.25) is 4.79 Å². The standard InChI is InChI=1S/C12H15ClO.C11H13ClO2/c1-10(14)4-2-3-5-11-6-8-12(13)9-7-11;12-10-7-5-9(6-8-10)3-1-2-4-11(13)14/h6-9H,2-5H2,1H3;5-8H,1-4H2,(H,13,14). The van der Waals surface area contributed by atoms with Gasteiger partial charge in [-0.15, -0.1) is 0 Å². The van der Waals surface area contributed by atoms with Gasteiger partial charge in [-0.05, 0) is 80.8 Å². The van der Waals surface area contributed by atoms with Crippen LogP contribution in [0.2, 0.25) is 10.0 Å². The molecule has 0 bridgehead atoms. The van der Waals surface area contributed by atoms with Crippen molar-refractivity contribution in [3.63, 3.8) is 0 Å². The first-order valence-electron chi connectivity index (χ1n) is 9.57. The van der Waals surface area contributed by atoms with E-state index in [4.69, 9.17) is 28.3 Å². The van der Waals surface area contributed by atoms with Crippen LogP contribution in [-0.2, 0) is 22.4 Å². The van der Waals surface area contributed by atoms with Crippen LogP contribution < -0.4 is 0 Å². The summed E-state index contributed by atoms with van der Waals surface area (Å²) in [5.74, 6) is -0.442. The Morgan fingerprint density at radius 2 is 1.11 bits per heavy atom. The van der Waals surface area contributed by atoms with Gasteiger partial charge in [-0.2, -0.15) is 0 Å². The minimum absolute atomic E-state index is 0.258. The Labute approximate surface area is 177 Å². The number of Topliss-reactive ketones (excluding diaryl/α,β-unsaturated/α-hetero) is 1. The zero-order valence-electron chi connectivity index (χ0n) is 16.3. The van der Waals surface area contributed by atoms with Crippen LogP contribution in [0.1, 0.15) is 56.6 Å². The summed E-state index contributed by atoms with van der Waals surface area (Å²) in [7, 11) is 0. The van der Waals surface area contributed by atoms with Crippen LogP contribution in [0.15, 0.2) is 48.5 Å². The van der Waals surface area contributed by atoms with Crippen LogP contribution in [0.5, 0.6) is 0 Å². The molecule has 2 rings (SSSR count). The first kappa shape index (κ1) is 24.2. The minimum atomic E-state index is -0.721. The number of halogens is 2. The van der Waals surface area contributed by atoms with Crippen molar-refractivity contribution >= 4 is 35.0 Å². The molecule has 152 valence electrons. The van der Waals surface area contributed by atoms with Crippen LogP contribution in [0.25, 0.3) is 0 Å². The highest BCUT2D eigenvalue weighted by atomic mass is 35.5. The monoisotopic (exact) mass is 422 g/mol. The highest BCUT2D eigenvalue weighted by Crippen LogP contribution is 2.13. The van der Waals surface area contributed by atoms with Crippen LogP contribution in [0, 0.1) is 0 Å². The molecule has 3 nitrogen and oxygen atoms in total. The normalized spacial score (nSPS) is 10.1. The molecule has 1 N–H and O–H groups in total. The van der Waals surface area contributed by atoms with Gasteiger partial charge in [0, 0.05) is 22.9 Å². The van der Waals surface area contributed by atoms with E-state index in [1.54, 1.807) is 6.92 Å². The smallest absolute Gasteiger partial charge is 0.303 e. The molecule has 0 aliphatic rings. The summed E-state index contributed by atoms with van der Waals surface area (Å²) in [6.07, 6.45) is 6.61. The number of carbonyl (C=O) groups excluding carboxylic acids is 1. The first-order valence-corrected chi connectivity index (χ1v) is 10.3. The van der Waals surface area contributed by atoms with Crippen LogP contribution in [0.3, 0.4) is 0 Å². The number of aryl methyl sites for hydroxylation is 2. The fourth-order valence-corrected chi connectivity index (χ4v) is 2.86. The van der Waals surface area contributed by atoms with Crippen molar-refractivity contribution in [3.8, 4) is 0 Å². The molecule has 0 saturated carbocycles. The maximum absolute atomic E-state index is 10.7. The molecule has 0 atom stereocenters. The SMILES string of the molecule is CC(=O)CCCCc1ccc(Cl)cc1.O=C(O)CCCCc1ccc(Cl)cc1. The number of hydrogen-bond donors (Lipinski definition) is 1. The number of rotatable bonds is 10. The van der Waals surface area contributed by atoms with Crippen molar-refractivity contribution in [1.82, 2.24) is 0 Å². The van der Waals surface area contributed by atoms with E-state index in [2.05, 4.69) is 0 Å². The van der Waals surface area contributed by atoms with Crippen LogP contribution in [0.4, 0.5) is 0 Å². The molecule has 0 unspecified atom stereocenters. The van der Waals surface area contributed by atoms with Gasteiger partial charge >= 0.3 is 5.97 Å². The number of carboxylic acids is 1. The van der Waals surface area contributed by atoms with Crippen molar-refractivity contribution in [2.24, 2.45) is 0 Å². The number of carboxylic acid groups (broad SMARTS) is 1. The Morgan fingerprint density at radius 1 is 0.714 bits per heavy atom. The van der Waals surface area contributed by atoms with Crippen molar-refractivity contribution in [2.75, 3.05) is 0 Å². The Hall–Kier alpha value is -1.84. The number of aliphatic carboxylic acids is 1. The number of unbranched alkanes of at least 4 members (excludes halogenated alkanes) is 2. The molecule has 0 fully saturated rings. The number of carbonyl (C=O) groups is 2. The number of hydrogen-bond acceptors (Lipinski definition) is 2. The molecule has 0 aliphatic carbocycles. The summed E-state index contributed by atoms with van der Waals surface area (Å²) in [4.78, 5) is 20.9. The Morgan fingerprint density at radius 3 is 1.46 bits per heavy atom. The summed E-state index contributed by atoms with van der Waals surface area (Å²) in [6, 6.07) is 15.5. The van der Waals surface area contributed by atoms with E-state index in [1.807, 2.05) is 48.5 Å². The van der Waals surface area contributed by atoms with Crippen molar-refractivity contribution in [2.45, 2.75) is 58.3 Å². The summed E-state index contributed by atoms with van der Waals surface area (Å²) >= 11 is 11.5. The van der Waals surface area contributed by atoms with Gasteiger partial charge in [0.05, 0.1) is 0 Å². The maximum atomic E-state index is 10.7. The number of ketones is 1. The molecule has 2 aromatic carbocycles. The van der Waals surface area contributed by atoms with Gasteiger partial charge < -0.3 is 9.90 Å². The fraction of sp³-hybridized carbons (Fsp3) is 0.391. The Balaban J connectivity index is 0.000000280. The largest absolute Gasteiger partial charge is 0.481 e. The maximum Gasteiger partial charge on any atom is 0.303 e. The molecule has 2 aromatic rings. The van der Waals surface area contributed by atoms with Crippen LogP contribution in [-0.4, -0.2) is 16.9 Å². The molecular weight excluding hydrogens is 395 g/mol. The average Bonchev–Trinajstić information content (AvgIpc) is 2.65. The molecule has 0 heterocycles. The topological polar surface area (TPSA) is 54.4 Å². The lowest BCUT2D eigenvalue weighted by Crippen LogP contribution is -1.94. The van der Waals surface area contributed by atoms with E-state index in [1.165, 1.54) is 11.1 Å². The average molecular weight is 423 g/mol. The van der Waals surface area contributed by atoms with E-state index in [9.17, 15) is 9.59 Å². The molecule has 28 heavy (non-hydrogen) atoms. The second kappa shape index (κ2) is 14.2. The summed E-state index contributed by atoms with van der Waals surface area (Å²) in [6.45, 7) is 1.64. The van der Waals surface area contributed by atoms with Gasteiger partial charge in [-0.1, -0.05) is 47.5 Å². The van der Waals surface area contributed by atoms with Gasteiger partial charge in [0.2, 0.25) is 0 Å². The van der Waals surface area contributed by atoms with Gasteiger partial charge in [-0.25, -0.2) is 0 Å². The predicted molar refractivity (Wildman–Crippen MR) is 116 cm³/mol. The Bertz CT molecular complexity index is 646. The molecule has 0 amide bonds. The Kier molecular flexibility index (Phi) is 12.3. The third-order valence-electron chi connectivity index (χ3n) is 4.18. The van der Waals surface area contributed by atoms with Crippen molar-refractivity contribution in [1.29, 1.82) is 0 Å². The molecule has 0 aliphatic heterocycles. The van der Waals surface area contributed by atoms with Gasteiger partial charge in [0.25, 0.3) is 0 Å². The zero-order chi connectivity index (χ0) is 20.8. The fourth-order valence-electron chi connectivity index (χ4n) is 2.61. The molecular formula is C23H28Cl2O3. The summed E-state index contributed by atoms with van der Waals surface area (Å²) in [5, 5.41) is 9.94. The lowest BCUT2D eigenvalue weighted by molar-refractivity contribution is -0.137. The van der Waals surface area contributed by atoms with Crippen molar-refractivity contribution < 1.29 is 14.7 Å². The molecule has 5 heteroatoms. The van der Waals surface area contributed by atoms with Crippen LogP contribution >= 0.6 is 23.2 Å². The third kappa shape index (κ3) is 12.5. The summed E-state index contributed by atoms with van der Waals surface area (Å²) < 4.78 is 0. The molecule has 0 spiro atoms. The van der Waals surface area contributed by atoms with Gasteiger partial charge in [0.15, 0.2) is 0 Å². The quantitative estimate of drug-likeness (QED) is 0.429. The minimum Gasteiger partial charge on any atom is -0.481 e. The third-order valence-corrected chi connectivity index (χ3v) is 4.68. The van der Waals surface area contributed by atoms with E-state index < -0.39 is 5.97 Å². The summed E-state index contributed by atoms with van der Waals surface area (Å²) in [5.41, 5.74) is 2.50.